The van der Waals surface area contributed by atoms with Gasteiger partial charge < -0.3 is 14.2 Å². The van der Waals surface area contributed by atoms with Gasteiger partial charge in [-0.25, -0.2) is 0 Å². The summed E-state index contributed by atoms with van der Waals surface area (Å²) in [4.78, 5) is 5.31. The van der Waals surface area contributed by atoms with Crippen molar-refractivity contribution >= 4 is 0 Å². The fraction of sp³-hybridized carbons (Fsp3) is 0.727. The third kappa shape index (κ3) is 3.45. The molecule has 1 aromatic rings. The third-order valence-corrected chi connectivity index (χ3v) is 6.90. The van der Waals surface area contributed by atoms with Crippen LogP contribution in [-0.4, -0.2) is 68.9 Å². The van der Waals surface area contributed by atoms with Crippen molar-refractivity contribution in [1.29, 1.82) is 0 Å². The Morgan fingerprint density at radius 3 is 2.41 bits per heavy atom. The second-order valence-corrected chi connectivity index (χ2v) is 8.52. The second kappa shape index (κ2) is 7.61. The number of benzene rings is 1. The number of rotatable bonds is 4. The van der Waals surface area contributed by atoms with Crippen LogP contribution < -0.4 is 9.47 Å². The third-order valence-electron chi connectivity index (χ3n) is 6.90. The summed E-state index contributed by atoms with van der Waals surface area (Å²) in [6.45, 7) is 10.1. The van der Waals surface area contributed by atoms with E-state index in [-0.39, 0.29) is 5.60 Å². The van der Waals surface area contributed by atoms with Gasteiger partial charge in [0.1, 0.15) is 0 Å². The summed E-state index contributed by atoms with van der Waals surface area (Å²) in [5.74, 6) is 1.64. The summed E-state index contributed by atoms with van der Waals surface area (Å²) in [6.07, 6.45) is 4.38. The minimum Gasteiger partial charge on any atom is -0.493 e. The van der Waals surface area contributed by atoms with E-state index in [1.807, 2.05) is 0 Å². The zero-order valence-electron chi connectivity index (χ0n) is 17.3. The summed E-state index contributed by atoms with van der Waals surface area (Å²) in [5, 5.41) is 0. The van der Waals surface area contributed by atoms with E-state index < -0.39 is 0 Å². The van der Waals surface area contributed by atoms with Crippen LogP contribution >= 0.6 is 0 Å². The lowest BCUT2D eigenvalue weighted by Crippen LogP contribution is -2.50. The van der Waals surface area contributed by atoms with E-state index >= 15 is 0 Å². The molecular formula is C22H34N2O3. The lowest BCUT2D eigenvalue weighted by Gasteiger charge is -2.46. The summed E-state index contributed by atoms with van der Waals surface area (Å²) in [7, 11) is 3.42. The summed E-state index contributed by atoms with van der Waals surface area (Å²) >= 11 is 0. The van der Waals surface area contributed by atoms with Crippen LogP contribution in [0.1, 0.15) is 44.2 Å². The maximum atomic E-state index is 6.44. The van der Waals surface area contributed by atoms with E-state index in [4.69, 9.17) is 14.2 Å². The molecule has 2 saturated heterocycles. The summed E-state index contributed by atoms with van der Waals surface area (Å²) in [6, 6.07) is 5.68. The molecule has 3 aliphatic heterocycles. The smallest absolute Gasteiger partial charge is 0.161 e. The summed E-state index contributed by atoms with van der Waals surface area (Å²) < 4.78 is 17.5. The molecule has 0 N–H and O–H groups in total. The van der Waals surface area contributed by atoms with Crippen molar-refractivity contribution in [2.24, 2.45) is 0 Å². The first-order valence-electron chi connectivity index (χ1n) is 10.4. The Morgan fingerprint density at radius 2 is 1.78 bits per heavy atom. The fourth-order valence-electron chi connectivity index (χ4n) is 5.19. The van der Waals surface area contributed by atoms with Gasteiger partial charge in [-0.05, 0) is 62.8 Å². The molecule has 1 atom stereocenters. The van der Waals surface area contributed by atoms with Crippen molar-refractivity contribution in [2.45, 2.75) is 57.2 Å². The molecule has 1 spiro atoms. The van der Waals surface area contributed by atoms with Crippen molar-refractivity contribution in [2.75, 3.05) is 47.0 Å². The highest BCUT2D eigenvalue weighted by Gasteiger charge is 2.43. The van der Waals surface area contributed by atoms with Gasteiger partial charge in [-0.15, -0.1) is 0 Å². The van der Waals surface area contributed by atoms with Crippen molar-refractivity contribution in [1.82, 2.24) is 9.80 Å². The van der Waals surface area contributed by atoms with Crippen molar-refractivity contribution in [3.63, 3.8) is 0 Å². The minimum absolute atomic E-state index is 0.153. The number of nitrogens with zero attached hydrogens (tertiary/aromatic N) is 2. The summed E-state index contributed by atoms with van der Waals surface area (Å²) in [5.41, 5.74) is 2.53. The molecule has 5 nitrogen and oxygen atoms in total. The van der Waals surface area contributed by atoms with Crippen LogP contribution in [0.15, 0.2) is 12.1 Å². The monoisotopic (exact) mass is 374 g/mol. The SMILES string of the molecule is COc1cc2c(cc1OC)C1(CCN(C3CCN(C(C)C)C3)CC1)OCC2. The molecule has 1 aromatic carbocycles. The Morgan fingerprint density at radius 1 is 1.07 bits per heavy atom. The quantitative estimate of drug-likeness (QED) is 0.809. The van der Waals surface area contributed by atoms with Crippen LogP contribution in [-0.2, 0) is 16.8 Å². The van der Waals surface area contributed by atoms with Gasteiger partial charge in [-0.3, -0.25) is 9.80 Å². The number of hydrogen-bond donors (Lipinski definition) is 0. The van der Waals surface area contributed by atoms with Gasteiger partial charge in [0, 0.05) is 38.3 Å². The van der Waals surface area contributed by atoms with Crippen molar-refractivity contribution < 1.29 is 14.2 Å². The highest BCUT2D eigenvalue weighted by Crippen LogP contribution is 2.45. The molecule has 0 bridgehead atoms. The Bertz CT molecular complexity index is 668. The Hall–Kier alpha value is -1.30. The van der Waals surface area contributed by atoms with Crippen molar-refractivity contribution in [3.8, 4) is 11.5 Å². The van der Waals surface area contributed by atoms with Gasteiger partial charge in [-0.1, -0.05) is 0 Å². The van der Waals surface area contributed by atoms with Gasteiger partial charge in [0.25, 0.3) is 0 Å². The minimum atomic E-state index is -0.153. The highest BCUT2D eigenvalue weighted by molar-refractivity contribution is 5.50. The molecule has 1 unspecified atom stereocenters. The first kappa shape index (κ1) is 19.0. The van der Waals surface area contributed by atoms with Crippen LogP contribution in [0.5, 0.6) is 11.5 Å². The Balaban J connectivity index is 1.51. The predicted octanol–water partition coefficient (Wildman–Crippen LogP) is 3.05. The molecule has 0 saturated carbocycles. The molecule has 0 aromatic heterocycles. The molecule has 0 aliphatic carbocycles. The second-order valence-electron chi connectivity index (χ2n) is 8.52. The molecule has 5 heteroatoms. The average molecular weight is 375 g/mol. The first-order chi connectivity index (χ1) is 13.1. The zero-order chi connectivity index (χ0) is 19.0. The highest BCUT2D eigenvalue weighted by atomic mass is 16.5. The van der Waals surface area contributed by atoms with Gasteiger partial charge in [0.2, 0.25) is 0 Å². The fourth-order valence-corrected chi connectivity index (χ4v) is 5.19. The van der Waals surface area contributed by atoms with Crippen LogP contribution in [0.3, 0.4) is 0 Å². The van der Waals surface area contributed by atoms with Crippen LogP contribution in [0.2, 0.25) is 0 Å². The van der Waals surface area contributed by atoms with Crippen molar-refractivity contribution in [3.05, 3.63) is 23.3 Å². The van der Waals surface area contributed by atoms with Gasteiger partial charge >= 0.3 is 0 Å². The largest absolute Gasteiger partial charge is 0.493 e. The number of ether oxygens (including phenoxy) is 3. The average Bonchev–Trinajstić information content (AvgIpc) is 3.18. The molecule has 150 valence electrons. The molecule has 3 heterocycles. The topological polar surface area (TPSA) is 34.2 Å². The van der Waals surface area contributed by atoms with Gasteiger partial charge in [0.05, 0.1) is 26.4 Å². The lowest BCUT2D eigenvalue weighted by molar-refractivity contribution is -0.102. The van der Waals surface area contributed by atoms with Gasteiger partial charge in [0.15, 0.2) is 11.5 Å². The number of piperidine rings is 1. The standard InChI is InChI=1S/C22H34N2O3/c1-16(2)24-9-5-18(15-24)23-10-7-22(8-11-23)19-14-21(26-4)20(25-3)13-17(19)6-12-27-22/h13-14,16,18H,5-12,15H2,1-4H3. The molecular weight excluding hydrogens is 340 g/mol. The molecule has 27 heavy (non-hydrogen) atoms. The number of methoxy groups -OCH3 is 2. The number of fused-ring (bicyclic) bond motifs is 2. The van der Waals surface area contributed by atoms with E-state index in [9.17, 15) is 0 Å². The van der Waals surface area contributed by atoms with Crippen LogP contribution in [0.4, 0.5) is 0 Å². The number of likely N-dealkylation sites (tertiary alicyclic amines) is 2. The zero-order valence-corrected chi connectivity index (χ0v) is 17.3. The van der Waals surface area contributed by atoms with E-state index in [2.05, 4.69) is 35.8 Å². The number of hydrogen-bond acceptors (Lipinski definition) is 5. The molecule has 2 fully saturated rings. The van der Waals surface area contributed by atoms with E-state index in [0.717, 1.165) is 50.5 Å². The van der Waals surface area contributed by atoms with Gasteiger partial charge in [-0.2, -0.15) is 0 Å². The first-order valence-corrected chi connectivity index (χ1v) is 10.4. The molecule has 3 aliphatic rings. The normalized spacial score (nSPS) is 25.7. The maximum Gasteiger partial charge on any atom is 0.161 e. The molecule has 0 radical (unpaired) electrons. The molecule has 0 amide bonds. The lowest BCUT2D eigenvalue weighted by atomic mass is 9.79. The maximum absolute atomic E-state index is 6.44. The van der Waals surface area contributed by atoms with Crippen LogP contribution in [0, 0.1) is 0 Å². The van der Waals surface area contributed by atoms with E-state index in [1.165, 1.54) is 30.6 Å². The molecule has 4 rings (SSSR count). The Labute approximate surface area is 163 Å². The van der Waals surface area contributed by atoms with E-state index in [1.54, 1.807) is 14.2 Å². The Kier molecular flexibility index (Phi) is 5.36. The predicted molar refractivity (Wildman–Crippen MR) is 107 cm³/mol. The van der Waals surface area contributed by atoms with E-state index in [0.29, 0.717) is 12.1 Å². The van der Waals surface area contributed by atoms with Crippen LogP contribution in [0.25, 0.3) is 0 Å².